The highest BCUT2D eigenvalue weighted by Gasteiger charge is 2.35. The second-order valence-electron chi connectivity index (χ2n) is 5.73. The third-order valence-corrected chi connectivity index (χ3v) is 4.21. The number of rotatable bonds is 4. The molecular weight excluding hydrogens is 347 g/mol. The Bertz CT molecular complexity index is 898. The number of halogens is 2. The second-order valence-corrected chi connectivity index (χ2v) is 6.14. The summed E-state index contributed by atoms with van der Waals surface area (Å²) >= 11 is 5.85. The van der Waals surface area contributed by atoms with E-state index in [0.29, 0.717) is 11.1 Å². The first-order valence-corrected chi connectivity index (χ1v) is 7.96. The summed E-state index contributed by atoms with van der Waals surface area (Å²) in [5.41, 5.74) is 1.85. The van der Waals surface area contributed by atoms with Gasteiger partial charge in [-0.05, 0) is 37.3 Å². The van der Waals surface area contributed by atoms with Crippen molar-refractivity contribution >= 4 is 35.0 Å². The number of anilines is 1. The van der Waals surface area contributed by atoms with E-state index in [1.165, 1.54) is 12.1 Å². The lowest BCUT2D eigenvalue weighted by Gasteiger charge is -2.14. The average Bonchev–Trinajstić information content (AvgIpc) is 2.79. The normalized spacial score (nSPS) is 13.2. The van der Waals surface area contributed by atoms with Crippen LogP contribution in [0.2, 0.25) is 5.02 Å². The molecule has 0 saturated carbocycles. The lowest BCUT2D eigenvalue weighted by Crippen LogP contribution is -2.32. The number of aryl methyl sites for hydroxylation is 1. The quantitative estimate of drug-likeness (QED) is 0.850. The second kappa shape index (κ2) is 6.64. The van der Waals surface area contributed by atoms with Crippen molar-refractivity contribution in [2.75, 3.05) is 11.9 Å². The first kappa shape index (κ1) is 17.1. The molecular formula is C18H14ClFN2O3. The zero-order chi connectivity index (χ0) is 18.1. The minimum atomic E-state index is -0.510. The van der Waals surface area contributed by atoms with Gasteiger partial charge >= 0.3 is 0 Å². The Morgan fingerprint density at radius 2 is 1.84 bits per heavy atom. The summed E-state index contributed by atoms with van der Waals surface area (Å²) in [6, 6.07) is 8.64. The van der Waals surface area contributed by atoms with Gasteiger partial charge in [-0.3, -0.25) is 19.3 Å². The molecule has 1 heterocycles. The molecule has 0 fully saturated rings. The smallest absolute Gasteiger partial charge is 0.261 e. The van der Waals surface area contributed by atoms with Gasteiger partial charge in [-0.25, -0.2) is 4.39 Å². The van der Waals surface area contributed by atoms with Crippen LogP contribution < -0.4 is 5.32 Å². The molecule has 0 aromatic heterocycles. The van der Waals surface area contributed by atoms with Crippen LogP contribution in [-0.2, 0) is 4.79 Å². The van der Waals surface area contributed by atoms with Crippen LogP contribution in [0, 0.1) is 12.7 Å². The molecule has 1 N–H and O–H groups in total. The highest BCUT2D eigenvalue weighted by Crippen LogP contribution is 2.25. The van der Waals surface area contributed by atoms with Crippen molar-refractivity contribution in [3.8, 4) is 0 Å². The molecule has 1 aliphatic heterocycles. The van der Waals surface area contributed by atoms with Gasteiger partial charge in [-0.1, -0.05) is 23.2 Å². The molecule has 1 aliphatic rings. The van der Waals surface area contributed by atoms with E-state index in [1.54, 1.807) is 18.2 Å². The number of imide groups is 1. The van der Waals surface area contributed by atoms with E-state index < -0.39 is 23.5 Å². The summed E-state index contributed by atoms with van der Waals surface area (Å²) in [5, 5.41) is 2.61. The maximum atomic E-state index is 13.0. The number of amides is 3. The summed E-state index contributed by atoms with van der Waals surface area (Å²) in [4.78, 5) is 37.7. The number of fused-ring (bicyclic) bond motifs is 1. The fourth-order valence-corrected chi connectivity index (χ4v) is 2.84. The lowest BCUT2D eigenvalue weighted by atomic mass is 10.1. The summed E-state index contributed by atoms with van der Waals surface area (Å²) in [5.74, 6) is -1.76. The summed E-state index contributed by atoms with van der Waals surface area (Å²) < 4.78 is 13.0. The number of carbonyl (C=O) groups excluding carboxylic acids is 3. The largest absolute Gasteiger partial charge is 0.325 e. The van der Waals surface area contributed by atoms with E-state index in [9.17, 15) is 18.8 Å². The van der Waals surface area contributed by atoms with Crippen LogP contribution in [0.4, 0.5) is 10.1 Å². The van der Waals surface area contributed by atoms with E-state index in [4.69, 9.17) is 11.6 Å². The molecule has 5 nitrogen and oxygen atoms in total. The minimum absolute atomic E-state index is 0.0456. The molecule has 0 aliphatic carbocycles. The zero-order valence-corrected chi connectivity index (χ0v) is 14.1. The molecule has 0 atom stereocenters. The SMILES string of the molecule is Cc1ccc2c(c1)C(=O)N(CCC(=O)Nc1ccc(F)cc1Cl)C2=O. The Hall–Kier alpha value is -2.73. The highest BCUT2D eigenvalue weighted by molar-refractivity contribution is 6.33. The van der Waals surface area contributed by atoms with E-state index in [-0.39, 0.29) is 23.7 Å². The molecule has 3 amide bonds. The summed E-state index contributed by atoms with van der Waals surface area (Å²) in [7, 11) is 0. The molecule has 0 spiro atoms. The highest BCUT2D eigenvalue weighted by atomic mass is 35.5. The van der Waals surface area contributed by atoms with E-state index >= 15 is 0 Å². The van der Waals surface area contributed by atoms with Gasteiger partial charge in [0.2, 0.25) is 5.91 Å². The number of nitrogens with zero attached hydrogens (tertiary/aromatic N) is 1. The molecule has 128 valence electrons. The molecule has 0 bridgehead atoms. The van der Waals surface area contributed by atoms with Crippen molar-refractivity contribution in [2.45, 2.75) is 13.3 Å². The molecule has 3 rings (SSSR count). The van der Waals surface area contributed by atoms with Gasteiger partial charge < -0.3 is 5.32 Å². The minimum Gasteiger partial charge on any atom is -0.325 e. The van der Waals surface area contributed by atoms with Crippen molar-refractivity contribution < 1.29 is 18.8 Å². The fourth-order valence-electron chi connectivity index (χ4n) is 2.62. The number of hydrogen-bond acceptors (Lipinski definition) is 3. The first-order valence-electron chi connectivity index (χ1n) is 7.58. The summed E-state index contributed by atoms with van der Waals surface area (Å²) in [6.45, 7) is 1.79. The Morgan fingerprint density at radius 1 is 1.12 bits per heavy atom. The van der Waals surface area contributed by atoms with Crippen LogP contribution in [0.3, 0.4) is 0 Å². The van der Waals surface area contributed by atoms with Gasteiger partial charge in [-0.15, -0.1) is 0 Å². The maximum absolute atomic E-state index is 13.0. The van der Waals surface area contributed by atoms with Gasteiger partial charge in [0.15, 0.2) is 0 Å². The van der Waals surface area contributed by atoms with Crippen molar-refractivity contribution in [3.05, 3.63) is 63.9 Å². The summed E-state index contributed by atoms with van der Waals surface area (Å²) in [6.07, 6.45) is -0.0852. The standard InChI is InChI=1S/C18H14ClFN2O3/c1-10-2-4-12-13(8-10)18(25)22(17(12)24)7-6-16(23)21-15-5-3-11(20)9-14(15)19/h2-5,8-9H,6-7H2,1H3,(H,21,23). The van der Waals surface area contributed by atoms with Gasteiger partial charge in [0, 0.05) is 13.0 Å². The molecule has 0 unspecified atom stereocenters. The van der Waals surface area contributed by atoms with Crippen molar-refractivity contribution in [1.29, 1.82) is 0 Å². The van der Waals surface area contributed by atoms with Gasteiger partial charge in [-0.2, -0.15) is 0 Å². The zero-order valence-electron chi connectivity index (χ0n) is 13.3. The molecule has 25 heavy (non-hydrogen) atoms. The van der Waals surface area contributed by atoms with Crippen LogP contribution in [0.5, 0.6) is 0 Å². The van der Waals surface area contributed by atoms with Crippen LogP contribution in [0.25, 0.3) is 0 Å². The molecule has 0 radical (unpaired) electrons. The van der Waals surface area contributed by atoms with Crippen LogP contribution in [0.1, 0.15) is 32.7 Å². The number of benzene rings is 2. The molecule has 2 aromatic carbocycles. The van der Waals surface area contributed by atoms with E-state index in [0.717, 1.165) is 16.5 Å². The maximum Gasteiger partial charge on any atom is 0.261 e. The Balaban J connectivity index is 1.65. The number of nitrogens with one attached hydrogen (secondary N) is 1. The number of carbonyl (C=O) groups is 3. The molecule has 7 heteroatoms. The fraction of sp³-hybridized carbons (Fsp3) is 0.167. The average molecular weight is 361 g/mol. The predicted octanol–water partition coefficient (Wildman–Crippen LogP) is 3.41. The molecule has 0 saturated heterocycles. The van der Waals surface area contributed by atoms with Crippen molar-refractivity contribution in [3.63, 3.8) is 0 Å². The third kappa shape index (κ3) is 3.39. The van der Waals surface area contributed by atoms with E-state index in [2.05, 4.69) is 5.32 Å². The third-order valence-electron chi connectivity index (χ3n) is 3.89. The molecule has 2 aromatic rings. The lowest BCUT2D eigenvalue weighted by molar-refractivity contribution is -0.116. The van der Waals surface area contributed by atoms with Crippen LogP contribution >= 0.6 is 11.6 Å². The van der Waals surface area contributed by atoms with Crippen LogP contribution in [-0.4, -0.2) is 29.2 Å². The first-order chi connectivity index (χ1) is 11.9. The Morgan fingerprint density at radius 3 is 2.56 bits per heavy atom. The van der Waals surface area contributed by atoms with Crippen molar-refractivity contribution in [1.82, 2.24) is 4.90 Å². The predicted molar refractivity (Wildman–Crippen MR) is 91.2 cm³/mol. The van der Waals surface area contributed by atoms with Crippen molar-refractivity contribution in [2.24, 2.45) is 0 Å². The topological polar surface area (TPSA) is 66.5 Å². The van der Waals surface area contributed by atoms with E-state index in [1.807, 2.05) is 6.92 Å². The Labute approximate surface area is 148 Å². The van der Waals surface area contributed by atoms with Gasteiger partial charge in [0.25, 0.3) is 11.8 Å². The Kier molecular flexibility index (Phi) is 4.55. The monoisotopic (exact) mass is 360 g/mol. The number of hydrogen-bond donors (Lipinski definition) is 1. The van der Waals surface area contributed by atoms with Crippen LogP contribution in [0.15, 0.2) is 36.4 Å². The van der Waals surface area contributed by atoms with Gasteiger partial charge in [0.1, 0.15) is 5.82 Å². The van der Waals surface area contributed by atoms with Gasteiger partial charge in [0.05, 0.1) is 21.8 Å².